The zero-order valence-electron chi connectivity index (χ0n) is 20.8. The number of halogens is 6. The predicted molar refractivity (Wildman–Crippen MR) is 129 cm³/mol. The van der Waals surface area contributed by atoms with E-state index in [4.69, 9.17) is 4.74 Å². The van der Waals surface area contributed by atoms with Crippen molar-refractivity contribution in [2.24, 2.45) is 16.0 Å². The van der Waals surface area contributed by atoms with Crippen molar-refractivity contribution in [1.29, 1.82) is 0 Å². The summed E-state index contributed by atoms with van der Waals surface area (Å²) in [5, 5.41) is 6.39. The number of ether oxygens (including phenoxy) is 1. The lowest BCUT2D eigenvalue weighted by molar-refractivity contribution is -0.168. The number of aromatic nitrogens is 1. The van der Waals surface area contributed by atoms with Crippen molar-refractivity contribution in [1.82, 2.24) is 15.3 Å². The van der Waals surface area contributed by atoms with Crippen LogP contribution in [0, 0.1) is 5.92 Å². The van der Waals surface area contributed by atoms with E-state index in [2.05, 4.69) is 20.4 Å². The van der Waals surface area contributed by atoms with E-state index >= 15 is 0 Å². The maximum absolute atomic E-state index is 13.2. The number of nitrogens with one attached hydrogen (secondary N) is 2. The number of hydrogen-bond donors (Lipinski definition) is 2. The van der Waals surface area contributed by atoms with E-state index < -0.39 is 41.5 Å². The summed E-state index contributed by atoms with van der Waals surface area (Å²) in [5.74, 6) is -3.48. The Morgan fingerprint density at radius 2 is 2.03 bits per heavy atom. The predicted octanol–water partition coefficient (Wildman–Crippen LogP) is 2.46. The number of anilines is 2. The molecule has 0 radical (unpaired) electrons. The number of fused-ring (bicyclic) bond motifs is 3. The molecule has 4 rings (SSSR count). The molecular formula is C23H27F6N7O3. The lowest BCUT2D eigenvalue weighted by Crippen LogP contribution is -2.55. The number of amides is 2. The van der Waals surface area contributed by atoms with Crippen LogP contribution < -0.4 is 15.6 Å². The summed E-state index contributed by atoms with van der Waals surface area (Å²) in [4.78, 5) is 35.9. The van der Waals surface area contributed by atoms with E-state index in [-0.39, 0.29) is 31.6 Å². The fraction of sp³-hybridized carbons (Fsp3) is 0.609. The minimum atomic E-state index is -4.82. The lowest BCUT2D eigenvalue weighted by Gasteiger charge is -2.41. The van der Waals surface area contributed by atoms with Gasteiger partial charge in [0.15, 0.2) is 11.7 Å². The van der Waals surface area contributed by atoms with Crippen LogP contribution in [0.2, 0.25) is 0 Å². The SMILES string of the molecule is C[C@@H](COCCC(=O)N1CCN2c3ncc(C(F)(F)F)cc3NCCC2C1)N=C1C=NNC(=O)C1C(F)(F)F. The van der Waals surface area contributed by atoms with Gasteiger partial charge in [0.2, 0.25) is 5.91 Å². The zero-order valence-corrected chi connectivity index (χ0v) is 20.8. The number of aliphatic imine (C=N–C) groups is 1. The molecule has 0 saturated carbocycles. The number of carbonyl (C=O) groups is 2. The van der Waals surface area contributed by atoms with Crippen LogP contribution in [0.15, 0.2) is 22.4 Å². The summed E-state index contributed by atoms with van der Waals surface area (Å²) in [7, 11) is 0. The molecule has 1 fully saturated rings. The maximum atomic E-state index is 13.2. The molecule has 1 aromatic heterocycles. The van der Waals surface area contributed by atoms with Crippen molar-refractivity contribution in [3.8, 4) is 0 Å². The summed E-state index contributed by atoms with van der Waals surface area (Å²) in [6.45, 7) is 3.00. The first-order valence-corrected chi connectivity index (χ1v) is 12.2. The number of alkyl halides is 6. The molecule has 10 nitrogen and oxygen atoms in total. The van der Waals surface area contributed by atoms with Gasteiger partial charge in [-0.25, -0.2) is 10.4 Å². The fourth-order valence-electron chi connectivity index (χ4n) is 4.68. The number of nitrogens with zero attached hydrogens (tertiary/aromatic N) is 5. The van der Waals surface area contributed by atoms with Crippen LogP contribution >= 0.6 is 0 Å². The molecule has 3 aliphatic rings. The average molecular weight is 564 g/mol. The lowest BCUT2D eigenvalue weighted by atomic mass is 10.0. The van der Waals surface area contributed by atoms with Crippen molar-refractivity contribution in [3.63, 3.8) is 0 Å². The van der Waals surface area contributed by atoms with Gasteiger partial charge in [-0.1, -0.05) is 0 Å². The molecular weight excluding hydrogens is 536 g/mol. The highest BCUT2D eigenvalue weighted by atomic mass is 19.4. The Bertz CT molecular complexity index is 1140. The van der Waals surface area contributed by atoms with Crippen molar-refractivity contribution in [2.45, 2.75) is 44.2 Å². The molecule has 1 aromatic rings. The molecule has 4 heterocycles. The van der Waals surface area contributed by atoms with E-state index in [1.807, 2.05) is 4.90 Å². The third-order valence-corrected chi connectivity index (χ3v) is 6.54. The molecule has 214 valence electrons. The topological polar surface area (TPSA) is 112 Å². The van der Waals surface area contributed by atoms with Gasteiger partial charge in [0.1, 0.15) is 0 Å². The summed E-state index contributed by atoms with van der Waals surface area (Å²) in [6, 6.07) is 0.197. The van der Waals surface area contributed by atoms with E-state index in [1.165, 1.54) is 6.92 Å². The van der Waals surface area contributed by atoms with Crippen LogP contribution in [0.4, 0.5) is 37.8 Å². The Morgan fingerprint density at radius 3 is 2.74 bits per heavy atom. The summed E-state index contributed by atoms with van der Waals surface area (Å²) in [5.41, 5.74) is 0.734. The van der Waals surface area contributed by atoms with Crippen molar-refractivity contribution < 1.29 is 40.7 Å². The molecule has 0 aliphatic carbocycles. The minimum Gasteiger partial charge on any atom is -0.382 e. The van der Waals surface area contributed by atoms with Crippen molar-refractivity contribution >= 4 is 35.2 Å². The van der Waals surface area contributed by atoms with Crippen LogP contribution in [-0.2, 0) is 20.5 Å². The van der Waals surface area contributed by atoms with Crippen LogP contribution in [0.3, 0.4) is 0 Å². The minimum absolute atomic E-state index is 0.0162. The average Bonchev–Trinajstić information content (AvgIpc) is 3.03. The van der Waals surface area contributed by atoms with Crippen LogP contribution in [-0.4, -0.2) is 91.3 Å². The fourth-order valence-corrected chi connectivity index (χ4v) is 4.68. The molecule has 2 N–H and O–H groups in total. The number of hydrogen-bond acceptors (Lipinski definition) is 8. The highest BCUT2D eigenvalue weighted by Crippen LogP contribution is 2.36. The first kappa shape index (κ1) is 28.6. The molecule has 16 heteroatoms. The molecule has 2 unspecified atom stereocenters. The highest BCUT2D eigenvalue weighted by molar-refractivity contribution is 6.37. The number of piperazine rings is 1. The second-order valence-electron chi connectivity index (χ2n) is 9.43. The van der Waals surface area contributed by atoms with E-state index in [9.17, 15) is 35.9 Å². The van der Waals surface area contributed by atoms with Crippen molar-refractivity contribution in [2.75, 3.05) is 49.6 Å². The normalized spacial score (nSPS) is 23.5. The Labute approximate surface area is 219 Å². The van der Waals surface area contributed by atoms with Gasteiger partial charge in [0.05, 0.1) is 48.9 Å². The molecule has 3 atom stereocenters. The third-order valence-electron chi connectivity index (χ3n) is 6.54. The number of carbonyl (C=O) groups excluding carboxylic acids is 2. The second-order valence-corrected chi connectivity index (χ2v) is 9.43. The Hall–Kier alpha value is -3.43. The quantitative estimate of drug-likeness (QED) is 0.407. The van der Waals surface area contributed by atoms with Gasteiger partial charge in [-0.2, -0.15) is 31.4 Å². The van der Waals surface area contributed by atoms with Crippen LogP contribution in [0.25, 0.3) is 0 Å². The molecule has 2 amide bonds. The monoisotopic (exact) mass is 563 g/mol. The van der Waals surface area contributed by atoms with E-state index in [1.54, 1.807) is 10.3 Å². The van der Waals surface area contributed by atoms with Gasteiger partial charge >= 0.3 is 12.4 Å². The van der Waals surface area contributed by atoms with Gasteiger partial charge < -0.3 is 19.9 Å². The van der Waals surface area contributed by atoms with Gasteiger partial charge in [0, 0.05) is 38.4 Å². The molecule has 0 bridgehead atoms. The number of rotatable bonds is 6. The van der Waals surface area contributed by atoms with Gasteiger partial charge in [-0.05, 0) is 19.4 Å². The second kappa shape index (κ2) is 11.4. The summed E-state index contributed by atoms with van der Waals surface area (Å²) < 4.78 is 84.3. The first-order valence-electron chi connectivity index (χ1n) is 12.2. The zero-order chi connectivity index (χ0) is 28.4. The smallest absolute Gasteiger partial charge is 0.382 e. The summed E-state index contributed by atoms with van der Waals surface area (Å²) >= 11 is 0. The standard InChI is InChI=1S/C23H27F6N7O3/c1-13(33-17-10-32-34-21(38)19(17)23(27,28)29)12-39-7-3-18(37)35-5-6-36-15(11-35)2-4-30-16-8-14(22(24,25)26)9-31-20(16)36/h8-10,13,15,19,30H,2-7,11-12H2,1H3,(H,34,38)/t13-,15?,19?/m0/s1. The molecule has 0 spiro atoms. The molecule has 39 heavy (non-hydrogen) atoms. The molecule has 0 aromatic carbocycles. The van der Waals surface area contributed by atoms with Crippen LogP contribution in [0.1, 0.15) is 25.3 Å². The third kappa shape index (κ3) is 6.78. The summed E-state index contributed by atoms with van der Waals surface area (Å²) in [6.07, 6.45) is -7.03. The Kier molecular flexibility index (Phi) is 8.32. The maximum Gasteiger partial charge on any atom is 0.417 e. The number of pyridine rings is 1. The van der Waals surface area contributed by atoms with Gasteiger partial charge in [-0.3, -0.25) is 14.6 Å². The van der Waals surface area contributed by atoms with Crippen LogP contribution in [0.5, 0.6) is 0 Å². The first-order chi connectivity index (χ1) is 18.3. The Morgan fingerprint density at radius 1 is 1.26 bits per heavy atom. The van der Waals surface area contributed by atoms with E-state index in [0.29, 0.717) is 44.1 Å². The Balaban J connectivity index is 1.27. The van der Waals surface area contributed by atoms with Crippen molar-refractivity contribution in [3.05, 3.63) is 17.8 Å². The molecule has 3 aliphatic heterocycles. The van der Waals surface area contributed by atoms with Gasteiger partial charge in [-0.15, -0.1) is 0 Å². The van der Waals surface area contributed by atoms with E-state index in [0.717, 1.165) is 18.5 Å². The number of hydrazone groups is 1. The molecule has 1 saturated heterocycles. The largest absolute Gasteiger partial charge is 0.417 e. The van der Waals surface area contributed by atoms with Gasteiger partial charge in [0.25, 0.3) is 5.91 Å². The highest BCUT2D eigenvalue weighted by Gasteiger charge is 2.49.